The van der Waals surface area contributed by atoms with Gasteiger partial charge in [0, 0.05) is 11.5 Å². The van der Waals surface area contributed by atoms with Crippen molar-refractivity contribution in [1.29, 1.82) is 0 Å². The first-order valence-electron chi connectivity index (χ1n) is 17.9. The van der Waals surface area contributed by atoms with E-state index < -0.39 is 11.9 Å². The maximum Gasteiger partial charge on any atom is 2.00 e. The van der Waals surface area contributed by atoms with E-state index in [2.05, 4.69) is 41.5 Å². The zero-order valence-corrected chi connectivity index (χ0v) is 32.4. The van der Waals surface area contributed by atoms with E-state index in [1.165, 1.54) is 109 Å². The molecule has 0 aliphatic rings. The molecule has 0 bridgehead atoms. The SMILES string of the molecule is CCCCCCCCCCCCCCCCCCCC(=O)[O-].CCCCc1ccccc1C(=O)[O-].[CH2]CCC.[CH2]CCC.[Sn+2]. The number of carbonyl (C=O) groups is 2. The zero-order chi connectivity index (χ0) is 32.8. The average molecular weight is 722 g/mol. The van der Waals surface area contributed by atoms with Crippen LogP contribution in [-0.4, -0.2) is 35.8 Å². The van der Waals surface area contributed by atoms with Gasteiger partial charge in [-0.1, -0.05) is 201 Å². The van der Waals surface area contributed by atoms with E-state index in [0.717, 1.165) is 50.5 Å². The molecule has 0 aromatic heterocycles. The summed E-state index contributed by atoms with van der Waals surface area (Å²) in [5, 5.41) is 20.9. The quantitative estimate of drug-likeness (QED) is 0.0787. The molecule has 0 aliphatic carbocycles. The number of aryl methyl sites for hydroxylation is 1. The van der Waals surface area contributed by atoms with E-state index in [1.807, 2.05) is 12.1 Å². The third kappa shape index (κ3) is 43.1. The molecule has 0 N–H and O–H groups in total. The van der Waals surface area contributed by atoms with Crippen LogP contribution >= 0.6 is 0 Å². The minimum atomic E-state index is -1.08. The molecule has 0 amide bonds. The first-order valence-corrected chi connectivity index (χ1v) is 17.9. The van der Waals surface area contributed by atoms with Crippen LogP contribution in [0.5, 0.6) is 0 Å². The minimum absolute atomic E-state index is 0. The molecular formula is C39H70O4Sn. The van der Waals surface area contributed by atoms with Gasteiger partial charge in [0.25, 0.3) is 0 Å². The molecule has 0 atom stereocenters. The first kappa shape index (κ1) is 49.8. The van der Waals surface area contributed by atoms with Crippen LogP contribution in [0, 0.1) is 13.8 Å². The van der Waals surface area contributed by atoms with Crippen LogP contribution in [0.4, 0.5) is 0 Å². The van der Waals surface area contributed by atoms with E-state index >= 15 is 0 Å². The van der Waals surface area contributed by atoms with E-state index in [4.69, 9.17) is 0 Å². The van der Waals surface area contributed by atoms with Crippen LogP contribution in [0.2, 0.25) is 0 Å². The van der Waals surface area contributed by atoms with Crippen LogP contribution in [-0.2, 0) is 11.2 Å². The molecule has 0 spiro atoms. The number of carboxylic acid groups (broad SMARTS) is 2. The smallest absolute Gasteiger partial charge is 0.550 e. The Hall–Kier alpha value is -1.04. The number of carbonyl (C=O) groups excluding carboxylic acids is 2. The summed E-state index contributed by atoms with van der Waals surface area (Å²) < 4.78 is 0. The molecule has 44 heavy (non-hydrogen) atoms. The second-order valence-corrected chi connectivity index (χ2v) is 11.5. The number of aromatic carboxylic acids is 1. The number of aliphatic carboxylic acids is 1. The van der Waals surface area contributed by atoms with Crippen LogP contribution in [0.25, 0.3) is 0 Å². The Morgan fingerprint density at radius 2 is 0.886 bits per heavy atom. The molecule has 1 rings (SSSR count). The molecule has 4 radical (unpaired) electrons. The Labute approximate surface area is 291 Å². The van der Waals surface area contributed by atoms with Gasteiger partial charge in [-0.3, -0.25) is 0 Å². The topological polar surface area (TPSA) is 80.3 Å². The van der Waals surface area contributed by atoms with Crippen molar-refractivity contribution in [2.24, 2.45) is 0 Å². The number of benzene rings is 1. The molecule has 1 aromatic carbocycles. The fraction of sp³-hybridized carbons (Fsp3) is 0.744. The normalized spacial score (nSPS) is 9.77. The van der Waals surface area contributed by atoms with Crippen molar-refractivity contribution < 1.29 is 19.8 Å². The predicted octanol–water partition coefficient (Wildman–Crippen LogP) is 10.0. The Morgan fingerprint density at radius 3 is 1.20 bits per heavy atom. The van der Waals surface area contributed by atoms with Crippen molar-refractivity contribution in [3.05, 3.63) is 49.2 Å². The summed E-state index contributed by atoms with van der Waals surface area (Å²) in [6, 6.07) is 7.03. The standard InChI is InChI=1S/C20H40O2.C11H14O2.2C4H9.Sn/c1-2-3-4-5-6-7-8-9-10-11-12-13-14-15-16-17-18-19-20(21)22;1-2-3-6-9-7-4-5-8-10(9)11(12)13;2*1-3-4-2;/h2-19H2,1H3,(H,21,22);4-5,7-8H,2-3,6H2,1H3,(H,12,13);2*1,3-4H2,2H3;/q;;;;+2/p-2. The molecule has 0 fully saturated rings. The van der Waals surface area contributed by atoms with Crippen LogP contribution < -0.4 is 10.2 Å². The summed E-state index contributed by atoms with van der Waals surface area (Å²) in [6.07, 6.45) is 30.3. The van der Waals surface area contributed by atoms with Crippen molar-refractivity contribution in [2.75, 3.05) is 0 Å². The van der Waals surface area contributed by atoms with E-state index in [1.54, 1.807) is 12.1 Å². The van der Waals surface area contributed by atoms with Crippen molar-refractivity contribution in [3.63, 3.8) is 0 Å². The molecule has 4 nitrogen and oxygen atoms in total. The summed E-state index contributed by atoms with van der Waals surface area (Å²) in [5.41, 5.74) is 1.21. The summed E-state index contributed by atoms with van der Waals surface area (Å²) in [4.78, 5) is 20.9. The predicted molar refractivity (Wildman–Crippen MR) is 189 cm³/mol. The van der Waals surface area contributed by atoms with Crippen LogP contribution in [0.15, 0.2) is 24.3 Å². The summed E-state index contributed by atoms with van der Waals surface area (Å²) >= 11 is 0. The van der Waals surface area contributed by atoms with E-state index in [0.29, 0.717) is 5.56 Å². The Bertz CT molecular complexity index is 684. The number of hydrogen-bond acceptors (Lipinski definition) is 4. The number of unbranched alkanes of at least 4 members (excludes halogenated alkanes) is 19. The monoisotopic (exact) mass is 722 g/mol. The minimum Gasteiger partial charge on any atom is -0.550 e. The first-order chi connectivity index (χ1) is 20.9. The second-order valence-electron chi connectivity index (χ2n) is 11.5. The van der Waals surface area contributed by atoms with Crippen LogP contribution in [0.3, 0.4) is 0 Å². The van der Waals surface area contributed by atoms with Gasteiger partial charge >= 0.3 is 23.9 Å². The molecule has 0 saturated heterocycles. The van der Waals surface area contributed by atoms with E-state index in [9.17, 15) is 19.8 Å². The Morgan fingerprint density at radius 1 is 0.545 bits per heavy atom. The summed E-state index contributed by atoms with van der Waals surface area (Å²) in [6.45, 7) is 15.8. The average Bonchev–Trinajstić information content (AvgIpc) is 3.02. The van der Waals surface area contributed by atoms with Gasteiger partial charge in [0.15, 0.2) is 0 Å². The van der Waals surface area contributed by atoms with Crippen molar-refractivity contribution in [1.82, 2.24) is 0 Å². The Balaban J connectivity index is -0.000000305. The molecule has 0 aliphatic heterocycles. The Kier molecular flexibility index (Phi) is 49.9. The van der Waals surface area contributed by atoms with Gasteiger partial charge in [0.1, 0.15) is 0 Å². The molecule has 254 valence electrons. The second kappa shape index (κ2) is 44.1. The van der Waals surface area contributed by atoms with Gasteiger partial charge in [-0.15, -0.1) is 0 Å². The van der Waals surface area contributed by atoms with Gasteiger partial charge in [0.2, 0.25) is 0 Å². The molecular weight excluding hydrogens is 651 g/mol. The number of hydrogen-bond donors (Lipinski definition) is 0. The van der Waals surface area contributed by atoms with Crippen molar-refractivity contribution in [2.45, 2.75) is 188 Å². The number of carboxylic acids is 2. The van der Waals surface area contributed by atoms with Crippen LogP contribution in [0.1, 0.15) is 198 Å². The largest absolute Gasteiger partial charge is 2.00 e. The molecule has 0 unspecified atom stereocenters. The van der Waals surface area contributed by atoms with Gasteiger partial charge in [-0.2, -0.15) is 0 Å². The maximum absolute atomic E-state index is 10.7. The van der Waals surface area contributed by atoms with Gasteiger partial charge in [0.05, 0.1) is 5.97 Å². The third-order valence-corrected chi connectivity index (χ3v) is 7.23. The molecule has 1 aromatic rings. The van der Waals surface area contributed by atoms with Gasteiger partial charge in [-0.05, 0) is 31.2 Å². The molecule has 0 saturated carbocycles. The molecule has 0 heterocycles. The third-order valence-electron chi connectivity index (χ3n) is 7.23. The molecule has 5 heteroatoms. The van der Waals surface area contributed by atoms with Crippen molar-refractivity contribution in [3.8, 4) is 0 Å². The van der Waals surface area contributed by atoms with Gasteiger partial charge < -0.3 is 19.8 Å². The fourth-order valence-electron chi connectivity index (χ4n) is 4.30. The van der Waals surface area contributed by atoms with E-state index in [-0.39, 0.29) is 30.3 Å². The van der Waals surface area contributed by atoms with Gasteiger partial charge in [-0.25, -0.2) is 0 Å². The summed E-state index contributed by atoms with van der Waals surface area (Å²) in [7, 11) is 0. The fourth-order valence-corrected chi connectivity index (χ4v) is 4.30. The summed E-state index contributed by atoms with van der Waals surface area (Å²) in [5.74, 6) is -1.98. The maximum atomic E-state index is 10.7. The number of rotatable bonds is 24. The van der Waals surface area contributed by atoms with Crippen molar-refractivity contribution >= 4 is 35.8 Å². The zero-order valence-electron chi connectivity index (χ0n) is 29.5.